The minimum absolute atomic E-state index is 0.504. The van der Waals surface area contributed by atoms with Crippen LogP contribution >= 0.6 is 23.2 Å². The van der Waals surface area contributed by atoms with Gasteiger partial charge in [-0.05, 0) is 59.2 Å². The number of hydrazone groups is 1. The minimum atomic E-state index is 0.504. The molecule has 0 saturated carbocycles. The number of rotatable bonds is 7. The highest BCUT2D eigenvalue weighted by molar-refractivity contribution is 6.31. The van der Waals surface area contributed by atoms with E-state index in [9.17, 15) is 0 Å². The molecule has 1 N–H and O–H groups in total. The van der Waals surface area contributed by atoms with Gasteiger partial charge < -0.3 is 10.2 Å². The molecule has 0 aromatic heterocycles. The average Bonchev–Trinajstić information content (AvgIpc) is 2.67. The second-order valence-electron chi connectivity index (χ2n) is 5.67. The zero-order valence-electron chi connectivity index (χ0n) is 14.0. The van der Waals surface area contributed by atoms with Crippen LogP contribution in [0, 0.1) is 0 Å². The lowest BCUT2D eigenvalue weighted by Gasteiger charge is -2.06. The van der Waals surface area contributed by atoms with Gasteiger partial charge in [-0.2, -0.15) is 5.10 Å². The molecule has 3 aromatic carbocycles. The summed E-state index contributed by atoms with van der Waals surface area (Å²) in [4.78, 5) is 0. The zero-order valence-corrected chi connectivity index (χ0v) is 15.5. The summed E-state index contributed by atoms with van der Waals surface area (Å²) in [5.41, 5.74) is 6.07. The molecule has 0 saturated heterocycles. The minimum Gasteiger partial charge on any atom is -0.489 e. The van der Waals surface area contributed by atoms with Crippen molar-refractivity contribution in [3.8, 4) is 5.75 Å². The Kier molecular flexibility index (Phi) is 6.53. The summed E-state index contributed by atoms with van der Waals surface area (Å²) in [6.07, 6.45) is 1.76. The van der Waals surface area contributed by atoms with E-state index in [1.54, 1.807) is 6.21 Å². The van der Waals surface area contributed by atoms with E-state index in [-0.39, 0.29) is 0 Å². The van der Waals surface area contributed by atoms with Gasteiger partial charge in [-0.25, -0.2) is 0 Å². The van der Waals surface area contributed by atoms with E-state index in [1.165, 1.54) is 0 Å². The van der Waals surface area contributed by atoms with Crippen molar-refractivity contribution in [2.75, 3.05) is 0 Å². The van der Waals surface area contributed by atoms with Crippen LogP contribution in [0.3, 0.4) is 0 Å². The SMILES string of the molecule is Clc1ccc(COc2ccc(/C=N\NCc3ccccc3Cl)cc2)cc1. The number of ether oxygens (including phenoxy) is 1. The van der Waals surface area contributed by atoms with Crippen molar-refractivity contribution >= 4 is 29.4 Å². The van der Waals surface area contributed by atoms with E-state index in [4.69, 9.17) is 27.9 Å². The van der Waals surface area contributed by atoms with Crippen LogP contribution in [0.2, 0.25) is 10.0 Å². The first-order valence-corrected chi connectivity index (χ1v) is 8.93. The van der Waals surface area contributed by atoms with Gasteiger partial charge in [-0.15, -0.1) is 0 Å². The molecule has 5 heteroatoms. The maximum Gasteiger partial charge on any atom is 0.119 e. The summed E-state index contributed by atoms with van der Waals surface area (Å²) in [5, 5.41) is 5.68. The van der Waals surface area contributed by atoms with E-state index >= 15 is 0 Å². The van der Waals surface area contributed by atoms with E-state index in [0.717, 1.165) is 32.5 Å². The van der Waals surface area contributed by atoms with Gasteiger partial charge in [0.1, 0.15) is 12.4 Å². The number of hydrogen-bond acceptors (Lipinski definition) is 3. The number of halogens is 2. The van der Waals surface area contributed by atoms with Crippen molar-refractivity contribution in [1.29, 1.82) is 0 Å². The molecule has 0 bridgehead atoms. The van der Waals surface area contributed by atoms with Gasteiger partial charge in [0.25, 0.3) is 0 Å². The number of benzene rings is 3. The predicted octanol–water partition coefficient (Wildman–Crippen LogP) is 5.70. The number of hydrogen-bond donors (Lipinski definition) is 1. The fourth-order valence-electron chi connectivity index (χ4n) is 2.29. The summed E-state index contributed by atoms with van der Waals surface area (Å²) < 4.78 is 5.77. The molecule has 0 aliphatic rings. The summed E-state index contributed by atoms with van der Waals surface area (Å²) in [6.45, 7) is 1.09. The molecule has 132 valence electrons. The fourth-order valence-corrected chi connectivity index (χ4v) is 2.62. The third kappa shape index (κ3) is 5.51. The smallest absolute Gasteiger partial charge is 0.119 e. The molecule has 3 aromatic rings. The average molecular weight is 385 g/mol. The first kappa shape index (κ1) is 18.3. The topological polar surface area (TPSA) is 33.6 Å². The highest BCUT2D eigenvalue weighted by Crippen LogP contribution is 2.16. The normalized spacial score (nSPS) is 10.8. The molecule has 0 amide bonds. The molecule has 0 aliphatic carbocycles. The van der Waals surface area contributed by atoms with Crippen molar-refractivity contribution in [2.24, 2.45) is 5.10 Å². The van der Waals surface area contributed by atoms with Gasteiger partial charge in [0.05, 0.1) is 12.8 Å². The van der Waals surface area contributed by atoms with Crippen molar-refractivity contribution < 1.29 is 4.74 Å². The zero-order chi connectivity index (χ0) is 18.2. The summed E-state index contributed by atoms with van der Waals surface area (Å²) in [6, 6.07) is 23.1. The van der Waals surface area contributed by atoms with Crippen molar-refractivity contribution in [3.05, 3.63) is 99.5 Å². The Labute approximate surface area is 163 Å². The van der Waals surface area contributed by atoms with Crippen LogP contribution in [0.5, 0.6) is 5.75 Å². The van der Waals surface area contributed by atoms with Crippen LogP contribution in [0.15, 0.2) is 77.9 Å². The standard InChI is InChI=1S/C21H18Cl2N2O/c22-19-9-5-17(6-10-19)15-26-20-11-7-16(8-12-20)13-24-25-14-18-3-1-2-4-21(18)23/h1-13,25H,14-15H2/b24-13-. The lowest BCUT2D eigenvalue weighted by atomic mass is 10.2. The molecule has 3 nitrogen and oxygen atoms in total. The molecule has 0 radical (unpaired) electrons. The molecular formula is C21H18Cl2N2O. The Balaban J connectivity index is 1.48. The second kappa shape index (κ2) is 9.27. The van der Waals surface area contributed by atoms with Crippen LogP contribution in [0.1, 0.15) is 16.7 Å². The van der Waals surface area contributed by atoms with Gasteiger partial charge in [0.15, 0.2) is 0 Å². The monoisotopic (exact) mass is 384 g/mol. The highest BCUT2D eigenvalue weighted by atomic mass is 35.5. The van der Waals surface area contributed by atoms with Gasteiger partial charge >= 0.3 is 0 Å². The van der Waals surface area contributed by atoms with Crippen LogP contribution in [0.4, 0.5) is 0 Å². The lowest BCUT2D eigenvalue weighted by molar-refractivity contribution is 0.306. The van der Waals surface area contributed by atoms with Crippen LogP contribution < -0.4 is 10.2 Å². The van der Waals surface area contributed by atoms with E-state index in [2.05, 4.69) is 10.5 Å². The Morgan fingerprint density at radius 3 is 2.35 bits per heavy atom. The Morgan fingerprint density at radius 2 is 1.62 bits per heavy atom. The predicted molar refractivity (Wildman–Crippen MR) is 108 cm³/mol. The molecule has 0 fully saturated rings. The molecule has 26 heavy (non-hydrogen) atoms. The third-order valence-corrected chi connectivity index (χ3v) is 4.35. The highest BCUT2D eigenvalue weighted by Gasteiger charge is 1.98. The number of nitrogens with one attached hydrogen (secondary N) is 1. The quantitative estimate of drug-likeness (QED) is 0.418. The van der Waals surface area contributed by atoms with E-state index < -0.39 is 0 Å². The third-order valence-electron chi connectivity index (χ3n) is 3.73. The molecule has 0 unspecified atom stereocenters. The van der Waals surface area contributed by atoms with Gasteiger partial charge in [0, 0.05) is 10.0 Å². The van der Waals surface area contributed by atoms with Crippen LogP contribution in [-0.4, -0.2) is 6.21 Å². The maximum atomic E-state index is 6.11. The van der Waals surface area contributed by atoms with E-state index in [1.807, 2.05) is 72.8 Å². The number of nitrogens with zero attached hydrogens (tertiary/aromatic N) is 1. The molecule has 0 heterocycles. The lowest BCUT2D eigenvalue weighted by Crippen LogP contribution is -2.05. The van der Waals surface area contributed by atoms with Crippen LogP contribution in [-0.2, 0) is 13.2 Å². The Hall–Kier alpha value is -2.49. The second-order valence-corrected chi connectivity index (χ2v) is 6.51. The van der Waals surface area contributed by atoms with E-state index in [0.29, 0.717) is 13.2 Å². The van der Waals surface area contributed by atoms with Crippen molar-refractivity contribution in [2.45, 2.75) is 13.2 Å². The Bertz CT molecular complexity index is 862. The summed E-state index contributed by atoms with van der Waals surface area (Å²) in [5.74, 6) is 0.807. The first-order chi connectivity index (χ1) is 12.7. The van der Waals surface area contributed by atoms with Gasteiger partial charge in [0.2, 0.25) is 0 Å². The van der Waals surface area contributed by atoms with Gasteiger partial charge in [-0.3, -0.25) is 0 Å². The molecule has 0 aliphatic heterocycles. The molecular weight excluding hydrogens is 367 g/mol. The molecule has 0 spiro atoms. The fraction of sp³-hybridized carbons (Fsp3) is 0.0952. The molecule has 3 rings (SSSR count). The Morgan fingerprint density at radius 1 is 0.885 bits per heavy atom. The first-order valence-electron chi connectivity index (χ1n) is 8.17. The maximum absolute atomic E-state index is 6.11. The van der Waals surface area contributed by atoms with Gasteiger partial charge in [-0.1, -0.05) is 53.5 Å². The largest absolute Gasteiger partial charge is 0.489 e. The summed E-state index contributed by atoms with van der Waals surface area (Å²) in [7, 11) is 0. The summed E-state index contributed by atoms with van der Waals surface area (Å²) >= 11 is 12.0. The van der Waals surface area contributed by atoms with Crippen LogP contribution in [0.25, 0.3) is 0 Å². The van der Waals surface area contributed by atoms with Crippen molar-refractivity contribution in [3.63, 3.8) is 0 Å². The molecule has 0 atom stereocenters. The van der Waals surface area contributed by atoms with Crippen molar-refractivity contribution in [1.82, 2.24) is 5.43 Å².